The Balaban J connectivity index is 3.22. The van der Waals surface area contributed by atoms with Gasteiger partial charge in [-0.2, -0.15) is 0 Å². The summed E-state index contributed by atoms with van der Waals surface area (Å²) < 4.78 is 23.3. The Morgan fingerprint density at radius 2 is 2.00 bits per heavy atom. The van der Waals surface area contributed by atoms with Crippen molar-refractivity contribution in [1.82, 2.24) is 0 Å². The Bertz CT molecular complexity index is 432. The van der Waals surface area contributed by atoms with Crippen molar-refractivity contribution < 1.29 is 49.0 Å². The molecule has 0 amide bonds. The zero-order chi connectivity index (χ0) is 17.2. The van der Waals surface area contributed by atoms with Crippen LogP contribution in [0.3, 0.4) is 0 Å². The molecule has 10 nitrogen and oxygen atoms in total. The van der Waals surface area contributed by atoms with Gasteiger partial charge in [-0.3, -0.25) is 4.79 Å². The number of carbonyl (C=O) groups is 2. The summed E-state index contributed by atoms with van der Waals surface area (Å²) in [7, 11) is 0. The predicted octanol–water partition coefficient (Wildman–Crippen LogP) is -3.53. The molecule has 1 saturated heterocycles. The van der Waals surface area contributed by atoms with Gasteiger partial charge in [0.1, 0.15) is 24.4 Å². The summed E-state index contributed by atoms with van der Waals surface area (Å²) in [6.45, 7) is -0.147. The summed E-state index contributed by atoms with van der Waals surface area (Å²) >= 11 is 0. The molecule has 0 aromatic carbocycles. The van der Waals surface area contributed by atoms with Crippen LogP contribution in [0.1, 0.15) is 6.92 Å². The molecule has 1 heterocycles. The number of rotatable bonds is 5. The van der Waals surface area contributed by atoms with E-state index in [1.807, 2.05) is 0 Å². The summed E-state index contributed by atoms with van der Waals surface area (Å²) in [5.41, 5.74) is 5.46. The molecule has 22 heavy (non-hydrogen) atoms. The van der Waals surface area contributed by atoms with Gasteiger partial charge in [-0.25, -0.2) is 9.18 Å². The van der Waals surface area contributed by atoms with Crippen LogP contribution in [-0.4, -0.2) is 86.5 Å². The average Bonchev–Trinajstić information content (AvgIpc) is 2.45. The molecule has 1 rings (SSSR count). The predicted molar refractivity (Wildman–Crippen MR) is 65.0 cm³/mol. The number of aliphatic hydroxyl groups is 4. The molecule has 0 radical (unpaired) electrons. The van der Waals surface area contributed by atoms with E-state index in [-0.39, 0.29) is 0 Å². The van der Waals surface area contributed by atoms with Crippen molar-refractivity contribution >= 4 is 11.9 Å². The minimum Gasteiger partial charge on any atom is -0.476 e. The largest absolute Gasteiger partial charge is 0.476 e. The maximum Gasteiger partial charge on any atom is 0.380 e. The van der Waals surface area contributed by atoms with Crippen LogP contribution in [0.5, 0.6) is 0 Å². The zero-order valence-electron chi connectivity index (χ0n) is 11.5. The quantitative estimate of drug-likeness (QED) is 0.277. The standard InChI is InChI=1S/C11H18FNO9/c1-3(15)21-11(10(19)20)9(12)7(18)5(13)8(22-11)6(17)4(16)2-14/h4-9,14,16-18H,2,13H2,1H3,(H,19,20)/t4?,5-,6?,7-,8-,9?,11?/m1/s1. The number of alkyl halides is 1. The highest BCUT2D eigenvalue weighted by molar-refractivity contribution is 5.81. The molecule has 0 spiro atoms. The van der Waals surface area contributed by atoms with E-state index in [4.69, 9.17) is 20.7 Å². The normalized spacial score (nSPS) is 38.1. The molecule has 0 aromatic rings. The van der Waals surface area contributed by atoms with Crippen molar-refractivity contribution in [2.24, 2.45) is 5.73 Å². The lowest BCUT2D eigenvalue weighted by molar-refractivity contribution is -0.322. The molecule has 1 aliphatic heterocycles. The zero-order valence-corrected chi connectivity index (χ0v) is 11.5. The number of hydrogen-bond acceptors (Lipinski definition) is 9. The first-order valence-corrected chi connectivity index (χ1v) is 6.24. The van der Waals surface area contributed by atoms with Crippen LogP contribution in [0.4, 0.5) is 4.39 Å². The van der Waals surface area contributed by atoms with Crippen LogP contribution < -0.4 is 5.73 Å². The van der Waals surface area contributed by atoms with E-state index >= 15 is 0 Å². The third-order valence-corrected chi connectivity index (χ3v) is 3.26. The fourth-order valence-electron chi connectivity index (χ4n) is 2.09. The average molecular weight is 327 g/mol. The molecule has 1 aliphatic rings. The van der Waals surface area contributed by atoms with Gasteiger partial charge in [-0.15, -0.1) is 0 Å². The molecule has 7 atom stereocenters. The Hall–Kier alpha value is -1.37. The lowest BCUT2D eigenvalue weighted by atomic mass is 9.88. The molecular formula is C11H18FNO9. The first-order valence-electron chi connectivity index (χ1n) is 6.24. The molecule has 11 heteroatoms. The van der Waals surface area contributed by atoms with E-state index in [2.05, 4.69) is 4.74 Å². The van der Waals surface area contributed by atoms with E-state index in [0.29, 0.717) is 0 Å². The molecule has 128 valence electrons. The van der Waals surface area contributed by atoms with E-state index in [9.17, 15) is 29.3 Å². The second kappa shape index (κ2) is 6.81. The van der Waals surface area contributed by atoms with Crippen molar-refractivity contribution in [2.45, 2.75) is 49.3 Å². The fraction of sp³-hybridized carbons (Fsp3) is 0.818. The van der Waals surface area contributed by atoms with Crippen molar-refractivity contribution in [2.75, 3.05) is 6.61 Å². The van der Waals surface area contributed by atoms with E-state index < -0.39 is 61.0 Å². The van der Waals surface area contributed by atoms with Crippen LogP contribution in [-0.2, 0) is 19.1 Å². The van der Waals surface area contributed by atoms with Crippen LogP contribution in [0.2, 0.25) is 0 Å². The molecule has 1 fully saturated rings. The van der Waals surface area contributed by atoms with Crippen molar-refractivity contribution in [3.05, 3.63) is 0 Å². The summed E-state index contributed by atoms with van der Waals surface area (Å²) in [6.07, 6.45) is -10.5. The molecular weight excluding hydrogens is 309 g/mol. The van der Waals surface area contributed by atoms with Gasteiger partial charge < -0.3 is 40.7 Å². The van der Waals surface area contributed by atoms with Crippen molar-refractivity contribution in [3.63, 3.8) is 0 Å². The second-order valence-electron chi connectivity index (χ2n) is 4.86. The maximum atomic E-state index is 14.2. The minimum atomic E-state index is -3.23. The van der Waals surface area contributed by atoms with Gasteiger partial charge in [0.2, 0.25) is 6.17 Å². The van der Waals surface area contributed by atoms with E-state index in [1.54, 1.807) is 0 Å². The second-order valence-corrected chi connectivity index (χ2v) is 4.86. The van der Waals surface area contributed by atoms with Crippen LogP contribution in [0.25, 0.3) is 0 Å². The van der Waals surface area contributed by atoms with Gasteiger partial charge in [0, 0.05) is 6.92 Å². The number of halogens is 1. The number of carboxylic acids is 1. The number of nitrogens with two attached hydrogens (primary N) is 1. The highest BCUT2D eigenvalue weighted by Gasteiger charge is 2.63. The minimum absolute atomic E-state index is 0.787. The molecule has 4 unspecified atom stereocenters. The summed E-state index contributed by atoms with van der Waals surface area (Å²) in [6, 6.07) is -1.64. The van der Waals surface area contributed by atoms with Gasteiger partial charge >= 0.3 is 17.7 Å². The summed E-state index contributed by atoms with van der Waals surface area (Å²) in [5, 5.41) is 46.8. The third-order valence-electron chi connectivity index (χ3n) is 3.26. The highest BCUT2D eigenvalue weighted by Crippen LogP contribution is 2.35. The lowest BCUT2D eigenvalue weighted by Crippen LogP contribution is -2.72. The van der Waals surface area contributed by atoms with Gasteiger partial charge in [-0.1, -0.05) is 0 Å². The van der Waals surface area contributed by atoms with E-state index in [1.165, 1.54) is 0 Å². The van der Waals surface area contributed by atoms with Crippen LogP contribution >= 0.6 is 0 Å². The Morgan fingerprint density at radius 1 is 1.45 bits per heavy atom. The molecule has 7 N–H and O–H groups in total. The maximum absolute atomic E-state index is 14.2. The smallest absolute Gasteiger partial charge is 0.380 e. The molecule has 0 saturated carbocycles. The van der Waals surface area contributed by atoms with Gasteiger partial charge in [-0.05, 0) is 0 Å². The number of carbonyl (C=O) groups excluding carboxylic acids is 1. The molecule has 0 aliphatic carbocycles. The number of aliphatic hydroxyl groups excluding tert-OH is 4. The SMILES string of the molecule is CC(=O)OC1(C(=O)O)O[C@@H](C(O)C(O)CO)[C@H](N)[C@@H](O)C1F. The number of aliphatic carboxylic acids is 1. The molecule has 0 bridgehead atoms. The summed E-state index contributed by atoms with van der Waals surface area (Å²) in [5.74, 6) is -6.53. The Kier molecular flexibility index (Phi) is 5.78. The number of ether oxygens (including phenoxy) is 2. The topological polar surface area (TPSA) is 180 Å². The fourth-order valence-corrected chi connectivity index (χ4v) is 2.09. The Labute approximate surface area is 123 Å². The first-order chi connectivity index (χ1) is 10.1. The van der Waals surface area contributed by atoms with Gasteiger partial charge in [0.15, 0.2) is 0 Å². The van der Waals surface area contributed by atoms with E-state index in [0.717, 1.165) is 6.92 Å². The third kappa shape index (κ3) is 3.19. The number of hydrogen-bond donors (Lipinski definition) is 6. The van der Waals surface area contributed by atoms with Crippen molar-refractivity contribution in [3.8, 4) is 0 Å². The van der Waals surface area contributed by atoms with Gasteiger partial charge in [0.05, 0.1) is 12.6 Å². The van der Waals surface area contributed by atoms with Crippen molar-refractivity contribution in [1.29, 1.82) is 0 Å². The number of esters is 1. The van der Waals surface area contributed by atoms with Crippen LogP contribution in [0.15, 0.2) is 0 Å². The number of carboxylic acid groups (broad SMARTS) is 1. The molecule has 0 aromatic heterocycles. The van der Waals surface area contributed by atoms with Crippen LogP contribution in [0, 0.1) is 0 Å². The lowest BCUT2D eigenvalue weighted by Gasteiger charge is -2.46. The Morgan fingerprint density at radius 3 is 2.41 bits per heavy atom. The van der Waals surface area contributed by atoms with Gasteiger partial charge in [0.25, 0.3) is 0 Å². The first kappa shape index (κ1) is 18.7. The highest BCUT2D eigenvalue weighted by atomic mass is 19.1. The monoisotopic (exact) mass is 327 g/mol. The summed E-state index contributed by atoms with van der Waals surface area (Å²) in [4.78, 5) is 22.3.